The van der Waals surface area contributed by atoms with E-state index in [0.717, 1.165) is 17.9 Å². The molecule has 0 aliphatic heterocycles. The van der Waals surface area contributed by atoms with Crippen molar-refractivity contribution in [2.75, 3.05) is 0 Å². The highest BCUT2D eigenvalue weighted by molar-refractivity contribution is 5.76. The van der Waals surface area contributed by atoms with Gasteiger partial charge in [0.1, 0.15) is 6.26 Å². The molecule has 2 aliphatic carbocycles. The minimum Gasteiger partial charge on any atom is -0.472 e. The molecular formula is C18H23N3O3. The molecule has 0 bridgehead atoms. The number of hydrogen-bond acceptors (Lipinski definition) is 5. The predicted octanol–water partition coefficient (Wildman–Crippen LogP) is 3.35. The Morgan fingerprint density at radius 2 is 2.17 bits per heavy atom. The van der Waals surface area contributed by atoms with E-state index < -0.39 is 0 Å². The average Bonchev–Trinajstić information content (AvgIpc) is 3.03. The molecule has 128 valence electrons. The maximum atomic E-state index is 12.1. The van der Waals surface area contributed by atoms with E-state index in [0.29, 0.717) is 36.5 Å². The molecule has 6 heteroatoms. The highest BCUT2D eigenvalue weighted by Gasteiger charge is 2.43. The number of nitrogens with one attached hydrogen (secondary N) is 1. The van der Waals surface area contributed by atoms with Crippen molar-refractivity contribution in [2.24, 2.45) is 11.8 Å². The smallest absolute Gasteiger partial charge is 0.227 e. The van der Waals surface area contributed by atoms with Crippen LogP contribution in [0.2, 0.25) is 0 Å². The van der Waals surface area contributed by atoms with E-state index in [-0.39, 0.29) is 5.91 Å². The fourth-order valence-corrected chi connectivity index (χ4v) is 3.83. The lowest BCUT2D eigenvalue weighted by molar-refractivity contribution is -0.121. The van der Waals surface area contributed by atoms with Crippen molar-refractivity contribution < 1.29 is 13.7 Å². The van der Waals surface area contributed by atoms with Gasteiger partial charge in [-0.15, -0.1) is 0 Å². The molecular weight excluding hydrogens is 306 g/mol. The van der Waals surface area contributed by atoms with Crippen LogP contribution < -0.4 is 5.32 Å². The summed E-state index contributed by atoms with van der Waals surface area (Å²) in [6.45, 7) is 0. The lowest BCUT2D eigenvalue weighted by Gasteiger charge is -2.21. The molecule has 2 atom stereocenters. The van der Waals surface area contributed by atoms with Crippen LogP contribution in [0.1, 0.15) is 50.8 Å². The van der Waals surface area contributed by atoms with Gasteiger partial charge in [0.2, 0.25) is 17.6 Å². The third-order valence-electron chi connectivity index (χ3n) is 5.25. The van der Waals surface area contributed by atoms with Crippen molar-refractivity contribution in [3.8, 4) is 11.4 Å². The Morgan fingerprint density at radius 3 is 2.96 bits per heavy atom. The summed E-state index contributed by atoms with van der Waals surface area (Å²) in [5, 5.41) is 7.07. The maximum absolute atomic E-state index is 12.1. The lowest BCUT2D eigenvalue weighted by Crippen LogP contribution is -2.28. The van der Waals surface area contributed by atoms with Gasteiger partial charge >= 0.3 is 0 Å². The Morgan fingerprint density at radius 1 is 1.29 bits per heavy atom. The molecule has 24 heavy (non-hydrogen) atoms. The van der Waals surface area contributed by atoms with Crippen LogP contribution in [0, 0.1) is 11.8 Å². The highest BCUT2D eigenvalue weighted by atomic mass is 16.5. The van der Waals surface area contributed by atoms with E-state index in [4.69, 9.17) is 8.94 Å². The Bertz CT molecular complexity index is 674. The summed E-state index contributed by atoms with van der Waals surface area (Å²) in [5.41, 5.74) is 0.780. The molecule has 2 aliphatic rings. The molecule has 6 nitrogen and oxygen atoms in total. The number of hydrogen-bond donors (Lipinski definition) is 1. The second-order valence-electron chi connectivity index (χ2n) is 7.00. The molecule has 2 heterocycles. The molecule has 0 spiro atoms. The number of aromatic nitrogens is 2. The van der Waals surface area contributed by atoms with E-state index in [1.807, 2.05) is 0 Å². The summed E-state index contributed by atoms with van der Waals surface area (Å²) < 4.78 is 10.2. The molecule has 0 aromatic carbocycles. The number of amides is 1. The second-order valence-corrected chi connectivity index (χ2v) is 7.00. The fourth-order valence-electron chi connectivity index (χ4n) is 3.83. The minimum atomic E-state index is 0.0846. The normalized spacial score (nSPS) is 24.0. The van der Waals surface area contributed by atoms with Crippen LogP contribution in [0.25, 0.3) is 11.4 Å². The van der Waals surface area contributed by atoms with Gasteiger partial charge in [-0.1, -0.05) is 37.3 Å². The Balaban J connectivity index is 1.21. The Hall–Kier alpha value is -2.11. The molecule has 2 aromatic heterocycles. The molecule has 0 saturated heterocycles. The summed E-state index contributed by atoms with van der Waals surface area (Å²) >= 11 is 0. The number of furan rings is 1. The third-order valence-corrected chi connectivity index (χ3v) is 5.25. The van der Waals surface area contributed by atoms with Crippen LogP contribution in [0.15, 0.2) is 27.5 Å². The first kappa shape index (κ1) is 15.4. The predicted molar refractivity (Wildman–Crippen MR) is 86.9 cm³/mol. The van der Waals surface area contributed by atoms with Gasteiger partial charge in [0.25, 0.3) is 0 Å². The van der Waals surface area contributed by atoms with E-state index in [1.54, 1.807) is 18.6 Å². The first-order valence-electron chi connectivity index (χ1n) is 8.94. The van der Waals surface area contributed by atoms with Gasteiger partial charge in [-0.2, -0.15) is 4.98 Å². The Labute approximate surface area is 141 Å². The largest absolute Gasteiger partial charge is 0.472 e. The monoisotopic (exact) mass is 329 g/mol. The standard InChI is InChI=1S/C18H23N3O3/c22-16(19-15-10-14(15)12-4-2-1-3-5-12)6-7-17-20-18(21-24-17)13-8-9-23-11-13/h8-9,11-12,14-15H,1-7,10H2,(H,19,22)/t14-,15+/m1/s1. The van der Waals surface area contributed by atoms with Crippen molar-refractivity contribution in [1.29, 1.82) is 0 Å². The molecule has 0 radical (unpaired) electrons. The summed E-state index contributed by atoms with van der Waals surface area (Å²) in [7, 11) is 0. The van der Waals surface area contributed by atoms with E-state index >= 15 is 0 Å². The SMILES string of the molecule is O=C(CCc1nc(-c2ccoc2)no1)N[C@H]1C[C@@H]1C1CCCCC1. The molecule has 2 fully saturated rings. The zero-order valence-electron chi connectivity index (χ0n) is 13.7. The topological polar surface area (TPSA) is 81.2 Å². The van der Waals surface area contributed by atoms with E-state index in [2.05, 4.69) is 15.5 Å². The van der Waals surface area contributed by atoms with E-state index in [1.165, 1.54) is 32.1 Å². The molecule has 4 rings (SSSR count). The lowest BCUT2D eigenvalue weighted by atomic mass is 9.85. The van der Waals surface area contributed by atoms with Crippen LogP contribution in [0.5, 0.6) is 0 Å². The maximum Gasteiger partial charge on any atom is 0.227 e. The first-order chi connectivity index (χ1) is 11.8. The third kappa shape index (κ3) is 3.52. The summed E-state index contributed by atoms with van der Waals surface area (Å²) in [6.07, 6.45) is 11.9. The van der Waals surface area contributed by atoms with Crippen molar-refractivity contribution in [1.82, 2.24) is 15.5 Å². The summed E-state index contributed by atoms with van der Waals surface area (Å²) in [4.78, 5) is 16.4. The van der Waals surface area contributed by atoms with Crippen LogP contribution >= 0.6 is 0 Å². The number of nitrogens with zero attached hydrogens (tertiary/aromatic N) is 2. The first-order valence-corrected chi connectivity index (χ1v) is 8.94. The van der Waals surface area contributed by atoms with Gasteiger partial charge in [-0.25, -0.2) is 0 Å². The van der Waals surface area contributed by atoms with Gasteiger partial charge < -0.3 is 14.3 Å². The van der Waals surface area contributed by atoms with Crippen molar-refractivity contribution in [3.05, 3.63) is 24.5 Å². The number of carbonyl (C=O) groups is 1. The van der Waals surface area contributed by atoms with Crippen LogP contribution in [0.4, 0.5) is 0 Å². The van der Waals surface area contributed by atoms with Gasteiger partial charge in [0.05, 0.1) is 11.8 Å². The number of rotatable bonds is 6. The quantitative estimate of drug-likeness (QED) is 0.879. The van der Waals surface area contributed by atoms with Crippen molar-refractivity contribution >= 4 is 5.91 Å². The molecule has 1 N–H and O–H groups in total. The van der Waals surface area contributed by atoms with Gasteiger partial charge in [-0.3, -0.25) is 4.79 Å². The van der Waals surface area contributed by atoms with Crippen molar-refractivity contribution in [2.45, 2.75) is 57.4 Å². The number of carbonyl (C=O) groups excluding carboxylic acids is 1. The molecule has 2 aromatic rings. The molecule has 1 amide bonds. The summed E-state index contributed by atoms with van der Waals surface area (Å²) in [6, 6.07) is 2.17. The number of aryl methyl sites for hydroxylation is 1. The van der Waals surface area contributed by atoms with Gasteiger partial charge in [-0.05, 0) is 24.3 Å². The Kier molecular flexibility index (Phi) is 4.36. The zero-order valence-corrected chi connectivity index (χ0v) is 13.7. The van der Waals surface area contributed by atoms with Crippen molar-refractivity contribution in [3.63, 3.8) is 0 Å². The molecule has 2 saturated carbocycles. The zero-order chi connectivity index (χ0) is 16.4. The van der Waals surface area contributed by atoms with Gasteiger partial charge in [0, 0.05) is 18.9 Å². The molecule has 0 unspecified atom stereocenters. The van der Waals surface area contributed by atoms with E-state index in [9.17, 15) is 4.79 Å². The fraction of sp³-hybridized carbons (Fsp3) is 0.611. The van der Waals surface area contributed by atoms with Crippen LogP contribution in [-0.2, 0) is 11.2 Å². The summed E-state index contributed by atoms with van der Waals surface area (Å²) in [5.74, 6) is 2.61. The van der Waals surface area contributed by atoms with Crippen LogP contribution in [0.3, 0.4) is 0 Å². The van der Waals surface area contributed by atoms with Crippen LogP contribution in [-0.4, -0.2) is 22.1 Å². The second kappa shape index (κ2) is 6.79. The van der Waals surface area contributed by atoms with Gasteiger partial charge in [0.15, 0.2) is 0 Å². The average molecular weight is 329 g/mol. The minimum absolute atomic E-state index is 0.0846. The highest BCUT2D eigenvalue weighted by Crippen LogP contribution is 2.44.